The number of aromatic nitrogens is 1. The van der Waals surface area contributed by atoms with Crippen LogP contribution in [0.3, 0.4) is 0 Å². The maximum absolute atomic E-state index is 13.2. The van der Waals surface area contributed by atoms with Crippen LogP contribution in [0.25, 0.3) is 10.9 Å². The highest BCUT2D eigenvalue weighted by molar-refractivity contribution is 7.92. The van der Waals surface area contributed by atoms with E-state index in [9.17, 15) is 18.0 Å². The monoisotopic (exact) mass is 566 g/mol. The number of carbonyl (C=O) groups excluding carboxylic acids is 2. The Hall–Kier alpha value is -3.62. The average Bonchev–Trinajstić information content (AvgIpc) is 3.28. The van der Waals surface area contributed by atoms with Crippen LogP contribution in [0.1, 0.15) is 44.0 Å². The Morgan fingerprint density at radius 3 is 2.36 bits per heavy atom. The minimum absolute atomic E-state index is 0.0795. The third-order valence-electron chi connectivity index (χ3n) is 6.43. The van der Waals surface area contributed by atoms with E-state index in [2.05, 4.69) is 10.3 Å². The highest BCUT2D eigenvalue weighted by Crippen LogP contribution is 2.27. The second-order valence-electron chi connectivity index (χ2n) is 9.48. The van der Waals surface area contributed by atoms with E-state index in [1.807, 2.05) is 50.2 Å². The topological polar surface area (TPSA) is 105 Å². The number of aromatic amines is 1. The van der Waals surface area contributed by atoms with Gasteiger partial charge in [-0.3, -0.25) is 9.59 Å². The smallest absolute Gasteiger partial charge is 0.251 e. The van der Waals surface area contributed by atoms with E-state index in [1.54, 1.807) is 30.3 Å². The van der Waals surface area contributed by atoms with Crippen molar-refractivity contribution in [2.75, 3.05) is 24.7 Å². The molecule has 0 aliphatic heterocycles. The zero-order valence-electron chi connectivity index (χ0n) is 21.9. The van der Waals surface area contributed by atoms with Crippen molar-refractivity contribution in [1.29, 1.82) is 0 Å². The molecule has 39 heavy (non-hydrogen) atoms. The zero-order valence-corrected chi connectivity index (χ0v) is 23.5. The van der Waals surface area contributed by atoms with Crippen LogP contribution in [0, 0.1) is 13.8 Å². The Morgan fingerprint density at radius 1 is 0.974 bits per heavy atom. The predicted octanol–water partition coefficient (Wildman–Crippen LogP) is 5.48. The van der Waals surface area contributed by atoms with Crippen LogP contribution in [-0.2, 0) is 16.3 Å². The molecule has 4 aromatic rings. The van der Waals surface area contributed by atoms with Gasteiger partial charge in [0.25, 0.3) is 5.91 Å². The van der Waals surface area contributed by atoms with Crippen molar-refractivity contribution in [2.24, 2.45) is 0 Å². The number of fused-ring (bicyclic) bond motifs is 1. The highest BCUT2D eigenvalue weighted by Gasteiger charge is 2.23. The number of rotatable bonds is 12. The lowest BCUT2D eigenvalue weighted by Gasteiger charge is -2.10. The molecule has 0 spiro atoms. The first kappa shape index (κ1) is 28.4. The molecule has 0 atom stereocenters. The first-order valence-electron chi connectivity index (χ1n) is 12.7. The number of ketones is 1. The largest absolute Gasteiger partial charge is 0.494 e. The van der Waals surface area contributed by atoms with Gasteiger partial charge in [0.2, 0.25) is 0 Å². The molecule has 0 unspecified atom stereocenters. The first-order valence-corrected chi connectivity index (χ1v) is 14.9. The molecule has 0 aliphatic rings. The quantitative estimate of drug-likeness (QED) is 0.175. The number of sulfone groups is 1. The summed E-state index contributed by atoms with van der Waals surface area (Å²) in [4.78, 5) is 28.5. The lowest BCUT2D eigenvalue weighted by atomic mass is 10.0. The van der Waals surface area contributed by atoms with Crippen molar-refractivity contribution in [2.45, 2.75) is 26.7 Å². The molecule has 2 N–H and O–H groups in total. The number of aryl methyl sites for hydroxylation is 3. The number of ether oxygens (including phenoxy) is 1. The molecule has 204 valence electrons. The fraction of sp³-hybridized carbons (Fsp3) is 0.267. The predicted molar refractivity (Wildman–Crippen MR) is 155 cm³/mol. The summed E-state index contributed by atoms with van der Waals surface area (Å²) < 4.78 is 31.4. The molecule has 1 aromatic heterocycles. The highest BCUT2D eigenvalue weighted by atomic mass is 35.5. The zero-order chi connectivity index (χ0) is 28.0. The van der Waals surface area contributed by atoms with Gasteiger partial charge in [-0.2, -0.15) is 0 Å². The number of carbonyl (C=O) groups is 2. The Balaban J connectivity index is 1.39. The van der Waals surface area contributed by atoms with E-state index < -0.39 is 21.4 Å². The van der Waals surface area contributed by atoms with E-state index in [0.717, 1.165) is 38.4 Å². The molecular formula is C30H31ClN2O5S. The van der Waals surface area contributed by atoms with Crippen LogP contribution in [0.2, 0.25) is 5.02 Å². The summed E-state index contributed by atoms with van der Waals surface area (Å²) >= 11 is 6.24. The molecule has 0 aliphatic carbocycles. The van der Waals surface area contributed by atoms with Crippen molar-refractivity contribution in [3.8, 4) is 5.75 Å². The van der Waals surface area contributed by atoms with Gasteiger partial charge in [0.15, 0.2) is 15.6 Å². The molecule has 9 heteroatoms. The Kier molecular flexibility index (Phi) is 9.09. The molecule has 0 radical (unpaired) electrons. The van der Waals surface area contributed by atoms with Gasteiger partial charge in [-0.15, -0.1) is 0 Å². The van der Waals surface area contributed by atoms with Crippen LogP contribution >= 0.6 is 11.6 Å². The van der Waals surface area contributed by atoms with E-state index in [4.69, 9.17) is 16.3 Å². The number of H-pyrrole nitrogens is 1. The third-order valence-corrected chi connectivity index (χ3v) is 8.55. The van der Waals surface area contributed by atoms with Crippen molar-refractivity contribution in [3.63, 3.8) is 0 Å². The second kappa shape index (κ2) is 12.5. The molecule has 1 heterocycles. The molecule has 3 aromatic carbocycles. The van der Waals surface area contributed by atoms with Crippen LogP contribution < -0.4 is 10.1 Å². The van der Waals surface area contributed by atoms with Gasteiger partial charge in [-0.25, -0.2) is 8.42 Å². The molecule has 0 saturated carbocycles. The first-order chi connectivity index (χ1) is 18.6. The number of hydrogen-bond donors (Lipinski definition) is 2. The van der Waals surface area contributed by atoms with E-state index in [1.165, 1.54) is 0 Å². The fourth-order valence-electron chi connectivity index (χ4n) is 4.48. The molecule has 4 rings (SSSR count). The molecule has 0 bridgehead atoms. The Labute approximate surface area is 233 Å². The van der Waals surface area contributed by atoms with Gasteiger partial charge in [0.05, 0.1) is 18.1 Å². The summed E-state index contributed by atoms with van der Waals surface area (Å²) in [6.45, 7) is 4.20. The number of nitrogens with one attached hydrogen (secondary N) is 2. The Morgan fingerprint density at radius 2 is 1.64 bits per heavy atom. The molecule has 1 amide bonds. The minimum Gasteiger partial charge on any atom is -0.494 e. The van der Waals surface area contributed by atoms with Gasteiger partial charge < -0.3 is 15.0 Å². The van der Waals surface area contributed by atoms with Crippen molar-refractivity contribution < 1.29 is 22.7 Å². The van der Waals surface area contributed by atoms with Crippen molar-refractivity contribution >= 4 is 44.0 Å². The van der Waals surface area contributed by atoms with Gasteiger partial charge >= 0.3 is 0 Å². The van der Waals surface area contributed by atoms with Crippen molar-refractivity contribution in [3.05, 3.63) is 99.7 Å². The molecule has 7 nitrogen and oxygen atoms in total. The minimum atomic E-state index is -3.75. The molecular weight excluding hydrogens is 536 g/mol. The third kappa shape index (κ3) is 7.28. The van der Waals surface area contributed by atoms with E-state index >= 15 is 0 Å². The lowest BCUT2D eigenvalue weighted by Crippen LogP contribution is -2.31. The number of benzene rings is 3. The molecule has 0 saturated heterocycles. The molecule has 0 fully saturated rings. The van der Waals surface area contributed by atoms with Crippen molar-refractivity contribution in [1.82, 2.24) is 10.3 Å². The standard InChI is InChI=1S/C30H31ClN2O5S/c1-20-17-23(18-21(2)28(20)31)38-15-8-12-25-24-11-6-7-13-26(24)33-29(25)27(34)19-39(36,37)16-14-32-30(35)22-9-4-3-5-10-22/h3-7,9-11,13,17-18,33H,8,12,14-16,19H2,1-2H3,(H,32,35). The summed E-state index contributed by atoms with van der Waals surface area (Å²) in [6, 6.07) is 19.8. The van der Waals surface area contributed by atoms with Crippen LogP contribution in [-0.4, -0.2) is 49.7 Å². The number of hydrogen-bond acceptors (Lipinski definition) is 5. The number of amides is 1. The maximum Gasteiger partial charge on any atom is 0.251 e. The normalized spacial score (nSPS) is 11.5. The SMILES string of the molecule is Cc1cc(OCCCc2c(C(=O)CS(=O)(=O)CCNC(=O)c3ccccc3)[nH]c3ccccc23)cc(C)c1Cl. The van der Waals surface area contributed by atoms with Crippen LogP contribution in [0.4, 0.5) is 0 Å². The average molecular weight is 567 g/mol. The summed E-state index contributed by atoms with van der Waals surface area (Å²) in [5.74, 6) is -1.11. The fourth-order valence-corrected chi connectivity index (χ4v) is 5.69. The van der Waals surface area contributed by atoms with Crippen LogP contribution in [0.15, 0.2) is 66.7 Å². The Bertz CT molecular complexity index is 1570. The van der Waals surface area contributed by atoms with Crippen LogP contribution in [0.5, 0.6) is 5.75 Å². The van der Waals surface area contributed by atoms with Gasteiger partial charge in [-0.1, -0.05) is 48.0 Å². The summed E-state index contributed by atoms with van der Waals surface area (Å²) in [5.41, 5.74) is 4.17. The van der Waals surface area contributed by atoms with Gasteiger partial charge in [0, 0.05) is 28.0 Å². The second-order valence-corrected chi connectivity index (χ2v) is 12.0. The number of Topliss-reactive ketones (excluding diaryl/α,β-unsaturated/α-hetero) is 1. The summed E-state index contributed by atoms with van der Waals surface area (Å²) in [7, 11) is -3.75. The maximum atomic E-state index is 13.2. The number of para-hydroxylation sites is 1. The summed E-state index contributed by atoms with van der Waals surface area (Å²) in [5, 5.41) is 4.20. The van der Waals surface area contributed by atoms with Gasteiger partial charge in [-0.05, 0) is 73.7 Å². The van der Waals surface area contributed by atoms with E-state index in [-0.39, 0.29) is 18.2 Å². The summed E-state index contributed by atoms with van der Waals surface area (Å²) in [6.07, 6.45) is 1.16. The van der Waals surface area contributed by atoms with Gasteiger partial charge in [0.1, 0.15) is 11.5 Å². The number of halogens is 1. The lowest BCUT2D eigenvalue weighted by molar-refractivity contribution is 0.0955. The van der Waals surface area contributed by atoms with E-state index in [0.29, 0.717) is 30.7 Å².